The van der Waals surface area contributed by atoms with Crippen molar-refractivity contribution in [2.45, 2.75) is 26.8 Å². The summed E-state index contributed by atoms with van der Waals surface area (Å²) in [7, 11) is 0. The Morgan fingerprint density at radius 1 is 1.00 bits per heavy atom. The maximum atomic E-state index is 4.32. The molecule has 22 heavy (non-hydrogen) atoms. The van der Waals surface area contributed by atoms with Crippen LogP contribution in [-0.2, 0) is 0 Å². The zero-order chi connectivity index (χ0) is 15.5. The van der Waals surface area contributed by atoms with Crippen LogP contribution in [0.3, 0.4) is 0 Å². The molecule has 0 aliphatic heterocycles. The molecule has 0 bridgehead atoms. The minimum absolute atomic E-state index is 0.165. The van der Waals surface area contributed by atoms with Crippen LogP contribution in [-0.4, -0.2) is 28.1 Å². The van der Waals surface area contributed by atoms with E-state index in [0.29, 0.717) is 0 Å². The Bertz CT molecular complexity index is 741. The summed E-state index contributed by atoms with van der Waals surface area (Å²) >= 11 is 0. The molecule has 1 atom stereocenters. The third kappa shape index (κ3) is 2.56. The summed E-state index contributed by atoms with van der Waals surface area (Å²) in [6.07, 6.45) is 0. The van der Waals surface area contributed by atoms with Crippen LogP contribution in [0.1, 0.15) is 32.4 Å². The minimum atomic E-state index is 0.165. The first kappa shape index (κ1) is 14.6. The fraction of sp³-hybridized carbons (Fsp3) is 0.333. The largest absolute Gasteiger partial charge is 0.372 e. The van der Waals surface area contributed by atoms with Gasteiger partial charge in [0.05, 0.1) is 11.6 Å². The van der Waals surface area contributed by atoms with Crippen LogP contribution in [0.15, 0.2) is 48.5 Å². The average Bonchev–Trinajstić information content (AvgIpc) is 3.00. The van der Waals surface area contributed by atoms with E-state index in [4.69, 9.17) is 0 Å². The molecule has 1 aromatic heterocycles. The Morgan fingerprint density at radius 3 is 2.36 bits per heavy atom. The van der Waals surface area contributed by atoms with E-state index >= 15 is 0 Å². The molecule has 0 radical (unpaired) electrons. The third-order valence-electron chi connectivity index (χ3n) is 4.25. The number of benzene rings is 2. The van der Waals surface area contributed by atoms with Gasteiger partial charge in [0.15, 0.2) is 0 Å². The van der Waals surface area contributed by atoms with Crippen molar-refractivity contribution in [2.75, 3.05) is 18.0 Å². The van der Waals surface area contributed by atoms with Crippen molar-refractivity contribution in [3.8, 4) is 0 Å². The predicted octanol–water partition coefficient (Wildman–Crippen LogP) is 3.89. The maximum Gasteiger partial charge on any atom is 0.113 e. The molecule has 3 aromatic rings. The highest BCUT2D eigenvalue weighted by atomic mass is 15.4. The normalized spacial score (nSPS) is 12.5. The lowest BCUT2D eigenvalue weighted by atomic mass is 10.1. The molecule has 1 heterocycles. The van der Waals surface area contributed by atoms with Crippen LogP contribution in [0.25, 0.3) is 11.0 Å². The van der Waals surface area contributed by atoms with Gasteiger partial charge in [-0.25, -0.2) is 4.68 Å². The number of rotatable bonds is 5. The summed E-state index contributed by atoms with van der Waals surface area (Å²) in [5.41, 5.74) is 4.52. The summed E-state index contributed by atoms with van der Waals surface area (Å²) in [6.45, 7) is 8.58. The summed E-state index contributed by atoms with van der Waals surface area (Å²) in [6, 6.07) is 17.0. The Morgan fingerprint density at radius 2 is 1.68 bits per heavy atom. The molecule has 0 aliphatic carbocycles. The molecule has 4 heteroatoms. The first-order chi connectivity index (χ1) is 10.7. The first-order valence-corrected chi connectivity index (χ1v) is 7.89. The monoisotopic (exact) mass is 294 g/mol. The number of hydrogen-bond donors (Lipinski definition) is 0. The standard InChI is InChI=1S/C18H22N4/c1-4-21(5-2)16-12-10-15(11-13-16)14(3)22-18-9-7-6-8-17(18)19-20-22/h6-14H,4-5H2,1-3H3. The molecule has 0 fully saturated rings. The van der Waals surface area contributed by atoms with Gasteiger partial charge in [0.25, 0.3) is 0 Å². The lowest BCUT2D eigenvalue weighted by Gasteiger charge is -2.22. The molecule has 0 saturated carbocycles. The van der Waals surface area contributed by atoms with Crippen molar-refractivity contribution in [3.63, 3.8) is 0 Å². The lowest BCUT2D eigenvalue weighted by Crippen LogP contribution is -2.21. The van der Waals surface area contributed by atoms with E-state index in [1.54, 1.807) is 0 Å². The van der Waals surface area contributed by atoms with Gasteiger partial charge >= 0.3 is 0 Å². The van der Waals surface area contributed by atoms with Gasteiger partial charge in [-0.05, 0) is 50.6 Å². The minimum Gasteiger partial charge on any atom is -0.372 e. The summed E-state index contributed by atoms with van der Waals surface area (Å²) < 4.78 is 1.99. The van der Waals surface area contributed by atoms with E-state index in [2.05, 4.69) is 66.3 Å². The van der Waals surface area contributed by atoms with Crippen LogP contribution in [0.4, 0.5) is 5.69 Å². The number of anilines is 1. The third-order valence-corrected chi connectivity index (χ3v) is 4.25. The van der Waals surface area contributed by atoms with Crippen molar-refractivity contribution in [2.24, 2.45) is 0 Å². The van der Waals surface area contributed by atoms with Gasteiger partial charge in [0, 0.05) is 18.8 Å². The Hall–Kier alpha value is -2.36. The topological polar surface area (TPSA) is 34.0 Å². The van der Waals surface area contributed by atoms with E-state index in [0.717, 1.165) is 24.1 Å². The summed E-state index contributed by atoms with van der Waals surface area (Å²) in [5.74, 6) is 0. The highest BCUT2D eigenvalue weighted by Gasteiger charge is 2.13. The van der Waals surface area contributed by atoms with Crippen molar-refractivity contribution in [3.05, 3.63) is 54.1 Å². The molecule has 0 N–H and O–H groups in total. The zero-order valence-corrected chi connectivity index (χ0v) is 13.4. The van der Waals surface area contributed by atoms with Crippen molar-refractivity contribution in [1.29, 1.82) is 0 Å². The molecule has 4 nitrogen and oxygen atoms in total. The van der Waals surface area contributed by atoms with Gasteiger partial charge in [0.2, 0.25) is 0 Å². The van der Waals surface area contributed by atoms with E-state index in [1.165, 1.54) is 11.3 Å². The molecule has 0 saturated heterocycles. The molecule has 1 unspecified atom stereocenters. The SMILES string of the molecule is CCN(CC)c1ccc(C(C)n2nnc3ccccc32)cc1. The lowest BCUT2D eigenvalue weighted by molar-refractivity contribution is 0.560. The summed E-state index contributed by atoms with van der Waals surface area (Å²) in [5, 5.41) is 8.56. The first-order valence-electron chi connectivity index (χ1n) is 7.89. The van der Waals surface area contributed by atoms with Crippen LogP contribution < -0.4 is 4.90 Å². The van der Waals surface area contributed by atoms with Gasteiger partial charge < -0.3 is 4.90 Å². The molecule has 2 aromatic carbocycles. The number of aromatic nitrogens is 3. The van der Waals surface area contributed by atoms with Gasteiger partial charge in [0.1, 0.15) is 5.52 Å². The molecule has 114 valence electrons. The fourth-order valence-electron chi connectivity index (χ4n) is 2.87. The maximum absolute atomic E-state index is 4.32. The smallest absolute Gasteiger partial charge is 0.113 e. The van der Waals surface area contributed by atoms with E-state index < -0.39 is 0 Å². The Kier molecular flexibility index (Phi) is 4.09. The van der Waals surface area contributed by atoms with E-state index in [1.807, 2.05) is 22.9 Å². The quantitative estimate of drug-likeness (QED) is 0.716. The Balaban J connectivity index is 1.90. The molecule has 0 amide bonds. The van der Waals surface area contributed by atoms with Gasteiger partial charge in [-0.2, -0.15) is 0 Å². The van der Waals surface area contributed by atoms with Crippen LogP contribution in [0.2, 0.25) is 0 Å². The highest BCUT2D eigenvalue weighted by molar-refractivity contribution is 5.74. The second-order valence-electron chi connectivity index (χ2n) is 5.46. The zero-order valence-electron chi connectivity index (χ0n) is 13.4. The number of hydrogen-bond acceptors (Lipinski definition) is 3. The van der Waals surface area contributed by atoms with Crippen LogP contribution >= 0.6 is 0 Å². The van der Waals surface area contributed by atoms with Crippen LogP contribution in [0, 0.1) is 0 Å². The van der Waals surface area contributed by atoms with Crippen molar-refractivity contribution >= 4 is 16.7 Å². The van der Waals surface area contributed by atoms with E-state index in [-0.39, 0.29) is 6.04 Å². The van der Waals surface area contributed by atoms with Crippen LogP contribution in [0.5, 0.6) is 0 Å². The van der Waals surface area contributed by atoms with E-state index in [9.17, 15) is 0 Å². The molecule has 3 rings (SSSR count). The molecular formula is C18H22N4. The average molecular weight is 294 g/mol. The number of nitrogens with zero attached hydrogens (tertiary/aromatic N) is 4. The highest BCUT2D eigenvalue weighted by Crippen LogP contribution is 2.24. The van der Waals surface area contributed by atoms with Gasteiger partial charge in [-0.3, -0.25) is 0 Å². The number of para-hydroxylation sites is 1. The summed E-state index contributed by atoms with van der Waals surface area (Å²) in [4.78, 5) is 2.35. The molecule has 0 spiro atoms. The van der Waals surface area contributed by atoms with Crippen molar-refractivity contribution < 1.29 is 0 Å². The second-order valence-corrected chi connectivity index (χ2v) is 5.46. The van der Waals surface area contributed by atoms with Gasteiger partial charge in [-0.1, -0.05) is 29.5 Å². The molecular weight excluding hydrogens is 272 g/mol. The predicted molar refractivity (Wildman–Crippen MR) is 91.3 cm³/mol. The fourth-order valence-corrected chi connectivity index (χ4v) is 2.87. The second kappa shape index (κ2) is 6.18. The van der Waals surface area contributed by atoms with Crippen molar-refractivity contribution in [1.82, 2.24) is 15.0 Å². The van der Waals surface area contributed by atoms with Gasteiger partial charge in [-0.15, -0.1) is 5.10 Å². The number of fused-ring (bicyclic) bond motifs is 1. The Labute approximate surface area is 131 Å². The molecule has 0 aliphatic rings.